The third kappa shape index (κ3) is 4.50. The highest BCUT2D eigenvalue weighted by Crippen LogP contribution is 2.30. The van der Waals surface area contributed by atoms with Gasteiger partial charge in [0.05, 0.1) is 18.5 Å². The molecular formula is C19H17F2N3O2. The second kappa shape index (κ2) is 8.33. The molecule has 3 rings (SSSR count). The SMILES string of the molecule is CCOc1ncc(Cc2cccnc2)nc1-c1cccc(OC(F)F)c1. The predicted molar refractivity (Wildman–Crippen MR) is 92.3 cm³/mol. The molecule has 0 N–H and O–H groups in total. The molecule has 0 bridgehead atoms. The molecule has 3 aromatic rings. The first-order chi connectivity index (χ1) is 12.7. The van der Waals surface area contributed by atoms with Crippen molar-refractivity contribution in [2.24, 2.45) is 0 Å². The van der Waals surface area contributed by atoms with Crippen LogP contribution in [0.4, 0.5) is 8.78 Å². The molecule has 0 amide bonds. The fourth-order valence-electron chi connectivity index (χ4n) is 2.46. The number of alkyl halides is 2. The number of aromatic nitrogens is 3. The number of hydrogen-bond acceptors (Lipinski definition) is 5. The summed E-state index contributed by atoms with van der Waals surface area (Å²) in [5, 5.41) is 0. The first kappa shape index (κ1) is 17.7. The second-order valence-corrected chi connectivity index (χ2v) is 5.39. The van der Waals surface area contributed by atoms with E-state index in [1.165, 1.54) is 12.1 Å². The molecule has 0 aliphatic carbocycles. The van der Waals surface area contributed by atoms with Crippen molar-refractivity contribution in [1.29, 1.82) is 0 Å². The molecule has 0 aliphatic rings. The van der Waals surface area contributed by atoms with Crippen molar-refractivity contribution in [3.8, 4) is 22.9 Å². The summed E-state index contributed by atoms with van der Waals surface area (Å²) in [4.78, 5) is 13.0. The van der Waals surface area contributed by atoms with E-state index in [9.17, 15) is 8.78 Å². The molecule has 0 atom stereocenters. The molecule has 2 aromatic heterocycles. The van der Waals surface area contributed by atoms with Crippen molar-refractivity contribution in [2.45, 2.75) is 20.0 Å². The lowest BCUT2D eigenvalue weighted by Crippen LogP contribution is -2.04. The van der Waals surface area contributed by atoms with Gasteiger partial charge in [0, 0.05) is 24.4 Å². The molecule has 0 aliphatic heterocycles. The third-order valence-electron chi connectivity index (χ3n) is 3.51. The minimum atomic E-state index is -2.89. The lowest BCUT2D eigenvalue weighted by atomic mass is 10.1. The van der Waals surface area contributed by atoms with Gasteiger partial charge in [0.2, 0.25) is 5.88 Å². The number of pyridine rings is 1. The maximum atomic E-state index is 12.5. The summed E-state index contributed by atoms with van der Waals surface area (Å²) >= 11 is 0. The molecule has 0 unspecified atom stereocenters. The normalized spacial score (nSPS) is 10.8. The van der Waals surface area contributed by atoms with Crippen molar-refractivity contribution in [3.05, 3.63) is 66.2 Å². The molecule has 0 spiro atoms. The van der Waals surface area contributed by atoms with Gasteiger partial charge in [-0.2, -0.15) is 8.78 Å². The van der Waals surface area contributed by atoms with E-state index in [1.54, 1.807) is 30.7 Å². The fraction of sp³-hybridized carbons (Fsp3) is 0.211. The van der Waals surface area contributed by atoms with Crippen molar-refractivity contribution in [1.82, 2.24) is 15.0 Å². The van der Waals surface area contributed by atoms with Crippen molar-refractivity contribution in [3.63, 3.8) is 0 Å². The summed E-state index contributed by atoms with van der Waals surface area (Å²) in [6.45, 7) is -0.637. The summed E-state index contributed by atoms with van der Waals surface area (Å²) in [6, 6.07) is 10.1. The Morgan fingerprint density at radius 2 is 2.00 bits per heavy atom. The van der Waals surface area contributed by atoms with E-state index >= 15 is 0 Å². The average molecular weight is 357 g/mol. The lowest BCUT2D eigenvalue weighted by Gasteiger charge is -2.12. The maximum absolute atomic E-state index is 12.5. The number of nitrogens with zero attached hydrogens (tertiary/aromatic N) is 3. The van der Waals surface area contributed by atoms with Crippen LogP contribution < -0.4 is 9.47 Å². The van der Waals surface area contributed by atoms with Gasteiger partial charge in [-0.25, -0.2) is 9.97 Å². The molecule has 0 radical (unpaired) electrons. The van der Waals surface area contributed by atoms with Crippen LogP contribution in [0, 0.1) is 0 Å². The third-order valence-corrected chi connectivity index (χ3v) is 3.51. The minimum absolute atomic E-state index is 0.0550. The van der Waals surface area contributed by atoms with Crippen molar-refractivity contribution >= 4 is 0 Å². The fourth-order valence-corrected chi connectivity index (χ4v) is 2.46. The number of halogens is 2. The molecule has 7 heteroatoms. The number of ether oxygens (including phenoxy) is 2. The van der Waals surface area contributed by atoms with Crippen LogP contribution in [0.2, 0.25) is 0 Å². The van der Waals surface area contributed by atoms with Gasteiger partial charge in [-0.3, -0.25) is 4.98 Å². The van der Waals surface area contributed by atoms with E-state index < -0.39 is 6.61 Å². The van der Waals surface area contributed by atoms with Gasteiger partial charge >= 0.3 is 6.61 Å². The Balaban J connectivity index is 1.96. The molecule has 0 saturated heterocycles. The van der Waals surface area contributed by atoms with Crippen LogP contribution in [0.25, 0.3) is 11.3 Å². The number of benzene rings is 1. The Hall–Kier alpha value is -3.09. The topological polar surface area (TPSA) is 57.1 Å². The Bertz CT molecular complexity index is 860. The van der Waals surface area contributed by atoms with E-state index in [0.29, 0.717) is 30.2 Å². The van der Waals surface area contributed by atoms with Crippen LogP contribution in [-0.2, 0) is 6.42 Å². The monoisotopic (exact) mass is 357 g/mol. The highest BCUT2D eigenvalue weighted by Gasteiger charge is 2.14. The number of hydrogen-bond donors (Lipinski definition) is 0. The largest absolute Gasteiger partial charge is 0.476 e. The van der Waals surface area contributed by atoms with Gasteiger partial charge < -0.3 is 9.47 Å². The van der Waals surface area contributed by atoms with Crippen LogP contribution in [0.3, 0.4) is 0 Å². The Morgan fingerprint density at radius 1 is 1.12 bits per heavy atom. The summed E-state index contributed by atoms with van der Waals surface area (Å²) in [5.74, 6) is 0.399. The van der Waals surface area contributed by atoms with E-state index in [-0.39, 0.29) is 5.75 Å². The van der Waals surface area contributed by atoms with Gasteiger partial charge in [0.15, 0.2) is 0 Å². The molecule has 134 valence electrons. The summed E-state index contributed by atoms with van der Waals surface area (Å²) < 4.78 is 35.0. The summed E-state index contributed by atoms with van der Waals surface area (Å²) in [7, 11) is 0. The van der Waals surface area contributed by atoms with Crippen LogP contribution in [0.1, 0.15) is 18.2 Å². The zero-order valence-electron chi connectivity index (χ0n) is 14.1. The summed E-state index contributed by atoms with van der Waals surface area (Å²) in [6.07, 6.45) is 5.65. The molecule has 0 saturated carbocycles. The summed E-state index contributed by atoms with van der Waals surface area (Å²) in [5.41, 5.74) is 2.78. The van der Waals surface area contributed by atoms with Crippen LogP contribution in [0.5, 0.6) is 11.6 Å². The smallest absolute Gasteiger partial charge is 0.387 e. The van der Waals surface area contributed by atoms with E-state index in [4.69, 9.17) is 4.74 Å². The van der Waals surface area contributed by atoms with Gasteiger partial charge in [0.1, 0.15) is 11.4 Å². The molecule has 0 fully saturated rings. The molecule has 5 nitrogen and oxygen atoms in total. The average Bonchev–Trinajstić information content (AvgIpc) is 2.64. The molecule has 26 heavy (non-hydrogen) atoms. The Labute approximate surface area is 149 Å². The van der Waals surface area contributed by atoms with Gasteiger partial charge in [0.25, 0.3) is 0 Å². The van der Waals surface area contributed by atoms with Crippen molar-refractivity contribution in [2.75, 3.05) is 6.61 Å². The Kier molecular flexibility index (Phi) is 5.68. The maximum Gasteiger partial charge on any atom is 0.387 e. The Morgan fingerprint density at radius 3 is 2.73 bits per heavy atom. The minimum Gasteiger partial charge on any atom is -0.476 e. The van der Waals surface area contributed by atoms with Crippen LogP contribution in [-0.4, -0.2) is 28.2 Å². The highest BCUT2D eigenvalue weighted by molar-refractivity contribution is 5.66. The van der Waals surface area contributed by atoms with Gasteiger partial charge in [-0.15, -0.1) is 0 Å². The standard InChI is InChI=1S/C19H17F2N3O2/c1-2-25-18-17(14-6-3-7-16(10-14)26-19(20)21)24-15(12-23-18)9-13-5-4-8-22-11-13/h3-8,10-12,19H,2,9H2,1H3. The second-order valence-electron chi connectivity index (χ2n) is 5.39. The van der Waals surface area contributed by atoms with Gasteiger partial charge in [-0.1, -0.05) is 18.2 Å². The molecule has 2 heterocycles. The van der Waals surface area contributed by atoms with Crippen molar-refractivity contribution < 1.29 is 18.3 Å². The molecular weight excluding hydrogens is 340 g/mol. The van der Waals surface area contributed by atoms with E-state index in [0.717, 1.165) is 11.3 Å². The highest BCUT2D eigenvalue weighted by atomic mass is 19.3. The van der Waals surface area contributed by atoms with Crippen LogP contribution in [0.15, 0.2) is 55.0 Å². The quantitative estimate of drug-likeness (QED) is 0.636. The van der Waals surface area contributed by atoms with E-state index in [1.807, 2.05) is 19.1 Å². The lowest BCUT2D eigenvalue weighted by molar-refractivity contribution is -0.0498. The predicted octanol–water partition coefficient (Wildman–Crippen LogP) is 4.13. The zero-order valence-corrected chi connectivity index (χ0v) is 14.1. The molecule has 1 aromatic carbocycles. The number of rotatable bonds is 7. The zero-order chi connectivity index (χ0) is 18.4. The first-order valence-electron chi connectivity index (χ1n) is 8.08. The van der Waals surface area contributed by atoms with E-state index in [2.05, 4.69) is 19.7 Å². The van der Waals surface area contributed by atoms with Gasteiger partial charge in [-0.05, 0) is 30.7 Å². The van der Waals surface area contributed by atoms with Crippen LogP contribution >= 0.6 is 0 Å². The first-order valence-corrected chi connectivity index (χ1v) is 8.08.